The van der Waals surface area contributed by atoms with E-state index in [0.29, 0.717) is 35.1 Å². The van der Waals surface area contributed by atoms with Gasteiger partial charge in [0, 0.05) is 4.70 Å². The van der Waals surface area contributed by atoms with Gasteiger partial charge in [-0.05, 0) is 47.9 Å². The Kier molecular flexibility index (Phi) is 7.56. The lowest BCUT2D eigenvalue weighted by Gasteiger charge is -2.24. The predicted molar refractivity (Wildman–Crippen MR) is 115 cm³/mol. The van der Waals surface area contributed by atoms with E-state index in [9.17, 15) is 31.0 Å². The van der Waals surface area contributed by atoms with Crippen molar-refractivity contribution in [3.8, 4) is 17.6 Å². The second-order valence-electron chi connectivity index (χ2n) is 6.79. The average Bonchev–Trinajstić information content (AvgIpc) is 3.20. The van der Waals surface area contributed by atoms with Crippen LogP contribution in [0.3, 0.4) is 0 Å². The van der Waals surface area contributed by atoms with Crippen molar-refractivity contribution in [1.82, 2.24) is 4.72 Å². The second kappa shape index (κ2) is 9.91. The van der Waals surface area contributed by atoms with Gasteiger partial charge in [0.2, 0.25) is 0 Å². The average molecular weight is 535 g/mol. The molecule has 0 aliphatic carbocycles. The lowest BCUT2D eigenvalue weighted by Crippen LogP contribution is -2.52. The third kappa shape index (κ3) is 6.26. The number of nitrogens with zero attached hydrogens (tertiary/aromatic N) is 1. The number of nitriles is 1. The largest absolute Gasteiger partial charge is 0.768 e. The van der Waals surface area contributed by atoms with Crippen molar-refractivity contribution in [2.24, 2.45) is 0 Å². The number of rotatable bonds is 9. The third-order valence-electron chi connectivity index (χ3n) is 4.25. The maximum atomic E-state index is 13.1. The molecule has 0 fully saturated rings. The molecule has 182 valence electrons. The summed E-state index contributed by atoms with van der Waals surface area (Å²) in [6.45, 7) is 0.924. The van der Waals surface area contributed by atoms with Crippen LogP contribution in [0.15, 0.2) is 46.7 Å². The highest BCUT2D eigenvalue weighted by atomic mass is 32.2. The van der Waals surface area contributed by atoms with E-state index in [1.165, 1.54) is 12.1 Å². The van der Waals surface area contributed by atoms with Crippen LogP contribution in [0.4, 0.5) is 13.2 Å². The Morgan fingerprint density at radius 1 is 1.18 bits per heavy atom. The molecule has 1 atom stereocenters. The SMILES string of the molecule is N#Cc1ccc(OP(=O)([O-])CNS(=O)(=O)c2cc3cc(OCC[NH3+])ccc3s2)cc1C(F)(F)F. The first-order valence-electron chi connectivity index (χ1n) is 9.41. The van der Waals surface area contributed by atoms with Crippen LogP contribution in [0.2, 0.25) is 0 Å². The summed E-state index contributed by atoms with van der Waals surface area (Å²) in [5.41, 5.74) is 1.56. The lowest BCUT2D eigenvalue weighted by atomic mass is 10.1. The Bertz CT molecular complexity index is 1400. The number of halogens is 3. The maximum Gasteiger partial charge on any atom is 0.417 e. The summed E-state index contributed by atoms with van der Waals surface area (Å²) in [4.78, 5) is 12.2. The van der Waals surface area contributed by atoms with E-state index in [-0.39, 0.29) is 4.21 Å². The molecule has 0 amide bonds. The van der Waals surface area contributed by atoms with Gasteiger partial charge >= 0.3 is 6.18 Å². The van der Waals surface area contributed by atoms with Crippen molar-refractivity contribution in [1.29, 1.82) is 5.26 Å². The quantitative estimate of drug-likeness (QED) is 0.398. The third-order valence-corrected chi connectivity index (χ3v) is 8.49. The van der Waals surface area contributed by atoms with Gasteiger partial charge in [-0.2, -0.15) is 18.4 Å². The van der Waals surface area contributed by atoms with E-state index in [1.807, 2.05) is 4.72 Å². The van der Waals surface area contributed by atoms with Gasteiger partial charge in [-0.3, -0.25) is 4.57 Å². The predicted octanol–water partition coefficient (Wildman–Crippen LogP) is 2.28. The molecular formula is C19H17F3N3O6PS2. The minimum absolute atomic E-state index is 0.172. The van der Waals surface area contributed by atoms with E-state index < -0.39 is 47.0 Å². The summed E-state index contributed by atoms with van der Waals surface area (Å²) in [7, 11) is -9.27. The molecule has 0 aliphatic heterocycles. The lowest BCUT2D eigenvalue weighted by molar-refractivity contribution is -0.370. The van der Waals surface area contributed by atoms with Gasteiger partial charge in [-0.15, -0.1) is 11.3 Å². The van der Waals surface area contributed by atoms with Crippen LogP contribution in [0, 0.1) is 11.3 Å². The zero-order chi connectivity index (χ0) is 25.1. The summed E-state index contributed by atoms with van der Waals surface area (Å²) in [6, 6.07) is 9.62. The van der Waals surface area contributed by atoms with Gasteiger partial charge in [0.1, 0.15) is 28.9 Å². The Balaban J connectivity index is 1.75. The molecular weight excluding hydrogens is 518 g/mol. The monoisotopic (exact) mass is 535 g/mol. The van der Waals surface area contributed by atoms with Gasteiger partial charge in [-0.1, -0.05) is 0 Å². The first kappa shape index (κ1) is 26.0. The summed E-state index contributed by atoms with van der Waals surface area (Å²) < 4.78 is 89.0. The first-order valence-corrected chi connectivity index (χ1v) is 13.4. The zero-order valence-corrected chi connectivity index (χ0v) is 19.7. The van der Waals surface area contributed by atoms with Gasteiger partial charge in [0.05, 0.1) is 23.5 Å². The number of hydrogen-bond acceptors (Lipinski definition) is 8. The molecule has 1 aromatic heterocycles. The Hall–Kier alpha value is -2.66. The number of benzene rings is 2. The van der Waals surface area contributed by atoms with E-state index in [1.54, 1.807) is 18.2 Å². The highest BCUT2D eigenvalue weighted by Gasteiger charge is 2.34. The number of quaternary nitrogens is 1. The van der Waals surface area contributed by atoms with Crippen molar-refractivity contribution < 1.29 is 46.0 Å². The minimum atomic E-state index is -4.99. The molecule has 1 unspecified atom stereocenters. The molecule has 9 nitrogen and oxygen atoms in total. The van der Waals surface area contributed by atoms with Crippen molar-refractivity contribution >= 4 is 39.0 Å². The molecule has 0 saturated heterocycles. The number of hydrogen-bond donors (Lipinski definition) is 2. The van der Waals surface area contributed by atoms with Gasteiger partial charge in [0.25, 0.3) is 10.0 Å². The standard InChI is InChI=1S/C19H17F3N3O6PS2/c20-19(21,22)16-9-15(2-1-12(16)10-24)31-32(26,27)11-25-34(28,29)18-8-13-7-14(30-6-5-23)3-4-17(13)33-18/h1-4,7-9,25H,5-6,11,23H2,(H,26,27). The van der Waals surface area contributed by atoms with Crippen molar-refractivity contribution in [2.75, 3.05) is 19.4 Å². The zero-order valence-electron chi connectivity index (χ0n) is 17.2. The second-order valence-corrected chi connectivity index (χ2v) is 11.6. The molecule has 0 radical (unpaired) electrons. The van der Waals surface area contributed by atoms with Crippen LogP contribution in [0.5, 0.6) is 11.5 Å². The van der Waals surface area contributed by atoms with E-state index >= 15 is 0 Å². The molecule has 0 aliphatic rings. The molecule has 4 N–H and O–H groups in total. The van der Waals surface area contributed by atoms with Crippen LogP contribution in [-0.4, -0.2) is 27.9 Å². The smallest absolute Gasteiger partial charge is 0.417 e. The van der Waals surface area contributed by atoms with Crippen LogP contribution >= 0.6 is 18.9 Å². The van der Waals surface area contributed by atoms with Crippen molar-refractivity contribution in [2.45, 2.75) is 10.4 Å². The Morgan fingerprint density at radius 2 is 1.88 bits per heavy atom. The number of nitrogens with one attached hydrogen (secondary N) is 1. The van der Waals surface area contributed by atoms with E-state index in [2.05, 4.69) is 10.3 Å². The van der Waals surface area contributed by atoms with E-state index in [4.69, 9.17) is 10.00 Å². The first-order chi connectivity index (χ1) is 15.8. The summed E-state index contributed by atoms with van der Waals surface area (Å²) in [5, 5.41) is 9.36. The summed E-state index contributed by atoms with van der Waals surface area (Å²) >= 11 is 0.894. The highest BCUT2D eigenvalue weighted by Crippen LogP contribution is 2.41. The van der Waals surface area contributed by atoms with Crippen LogP contribution in [-0.2, 0) is 20.8 Å². The molecule has 3 aromatic rings. The highest BCUT2D eigenvalue weighted by molar-refractivity contribution is 7.92. The van der Waals surface area contributed by atoms with Gasteiger partial charge in [0.15, 0.2) is 7.60 Å². The molecule has 15 heteroatoms. The Labute approximate surface area is 196 Å². The molecule has 0 bridgehead atoms. The minimum Gasteiger partial charge on any atom is -0.768 e. The molecule has 0 saturated carbocycles. The summed E-state index contributed by atoms with van der Waals surface area (Å²) in [6.07, 6.45) is -6.12. The maximum absolute atomic E-state index is 13.1. The number of fused-ring (bicyclic) bond motifs is 1. The number of ether oxygens (including phenoxy) is 1. The molecule has 2 aromatic carbocycles. The molecule has 3 rings (SSSR count). The van der Waals surface area contributed by atoms with Gasteiger partial charge < -0.3 is 19.9 Å². The normalized spacial score (nSPS) is 13.9. The van der Waals surface area contributed by atoms with Gasteiger partial charge in [-0.25, -0.2) is 13.1 Å². The summed E-state index contributed by atoms with van der Waals surface area (Å²) in [5.74, 6) is -0.190. The Morgan fingerprint density at radius 3 is 2.53 bits per heavy atom. The fraction of sp³-hybridized carbons (Fsp3) is 0.211. The number of thiophene rings is 1. The fourth-order valence-electron chi connectivity index (χ4n) is 2.75. The number of sulfonamides is 1. The van der Waals surface area contributed by atoms with Crippen LogP contribution in [0.1, 0.15) is 11.1 Å². The van der Waals surface area contributed by atoms with Crippen LogP contribution < -0.4 is 24.6 Å². The fourth-order valence-corrected chi connectivity index (χ4v) is 6.64. The number of alkyl halides is 3. The van der Waals surface area contributed by atoms with Crippen LogP contribution in [0.25, 0.3) is 10.1 Å². The molecule has 34 heavy (non-hydrogen) atoms. The van der Waals surface area contributed by atoms with E-state index in [0.717, 1.165) is 23.5 Å². The topological polar surface area (TPSA) is 156 Å². The molecule has 0 spiro atoms. The van der Waals surface area contributed by atoms with Crippen molar-refractivity contribution in [3.05, 3.63) is 53.6 Å². The van der Waals surface area contributed by atoms with Crippen molar-refractivity contribution in [3.63, 3.8) is 0 Å². The molecule has 1 heterocycles.